The van der Waals surface area contributed by atoms with E-state index in [1.807, 2.05) is 18.2 Å². The van der Waals surface area contributed by atoms with Crippen LogP contribution < -0.4 is 5.32 Å². The van der Waals surface area contributed by atoms with Gasteiger partial charge in [0.1, 0.15) is 0 Å². The minimum atomic E-state index is -0.463. The van der Waals surface area contributed by atoms with E-state index in [-0.39, 0.29) is 18.3 Å². The molecule has 0 unspecified atom stereocenters. The normalized spacial score (nSPS) is 10.2. The van der Waals surface area contributed by atoms with Gasteiger partial charge in [-0.2, -0.15) is 0 Å². The second-order valence-electron chi connectivity index (χ2n) is 5.03. The number of halogens is 1. The Bertz CT molecular complexity index is 721. The van der Waals surface area contributed by atoms with Crippen LogP contribution in [0, 0.1) is 10.1 Å². The lowest BCUT2D eigenvalue weighted by atomic mass is 10.2. The molecule has 7 heteroatoms. The van der Waals surface area contributed by atoms with E-state index in [2.05, 4.69) is 5.32 Å². The van der Waals surface area contributed by atoms with Crippen molar-refractivity contribution in [3.05, 3.63) is 74.8 Å². The summed E-state index contributed by atoms with van der Waals surface area (Å²) in [6.07, 6.45) is 0. The Hall–Kier alpha value is -2.60. The highest BCUT2D eigenvalue weighted by Gasteiger charge is 2.11. The monoisotopic (exact) mass is 333 g/mol. The Kier molecular flexibility index (Phi) is 5.54. The molecule has 0 aliphatic carbocycles. The summed E-state index contributed by atoms with van der Waals surface area (Å²) in [6.45, 7) is 0.591. The zero-order valence-electron chi connectivity index (χ0n) is 12.5. The Morgan fingerprint density at radius 3 is 2.70 bits per heavy atom. The van der Waals surface area contributed by atoms with Crippen LogP contribution in [0.15, 0.2) is 48.5 Å². The van der Waals surface area contributed by atoms with Crippen LogP contribution in [0.3, 0.4) is 0 Å². The Balaban J connectivity index is 1.93. The van der Waals surface area contributed by atoms with Gasteiger partial charge < -0.3 is 10.2 Å². The lowest BCUT2D eigenvalue weighted by molar-refractivity contribution is -0.384. The van der Waals surface area contributed by atoms with Crippen molar-refractivity contribution in [2.45, 2.75) is 13.1 Å². The number of hydrogen-bond acceptors (Lipinski definition) is 3. The minimum Gasteiger partial charge on any atom is -0.334 e. The maximum absolute atomic E-state index is 12.1. The van der Waals surface area contributed by atoms with Crippen LogP contribution in [0.25, 0.3) is 0 Å². The van der Waals surface area contributed by atoms with Gasteiger partial charge in [0.25, 0.3) is 5.69 Å². The van der Waals surface area contributed by atoms with Crippen molar-refractivity contribution in [3.63, 3.8) is 0 Å². The third kappa shape index (κ3) is 4.69. The van der Waals surface area contributed by atoms with E-state index in [0.717, 1.165) is 5.56 Å². The predicted octanol–water partition coefficient (Wildman–Crippen LogP) is 3.59. The molecule has 23 heavy (non-hydrogen) atoms. The second-order valence-corrected chi connectivity index (χ2v) is 5.44. The van der Waals surface area contributed by atoms with Crippen LogP contribution in [0.2, 0.25) is 5.02 Å². The molecule has 2 aromatic rings. The molecular weight excluding hydrogens is 318 g/mol. The highest BCUT2D eigenvalue weighted by atomic mass is 35.5. The number of nitrogens with zero attached hydrogens (tertiary/aromatic N) is 2. The third-order valence-electron chi connectivity index (χ3n) is 3.28. The average molecular weight is 334 g/mol. The predicted molar refractivity (Wildman–Crippen MR) is 88.3 cm³/mol. The van der Waals surface area contributed by atoms with E-state index >= 15 is 0 Å². The Labute approximate surface area is 138 Å². The molecule has 0 bridgehead atoms. The summed E-state index contributed by atoms with van der Waals surface area (Å²) in [5.74, 6) is 0. The number of rotatable bonds is 5. The van der Waals surface area contributed by atoms with Crippen molar-refractivity contribution in [3.8, 4) is 0 Å². The SMILES string of the molecule is CN(Cc1ccccc1Cl)C(=O)NCc1cccc([N+](=O)[O-])c1. The van der Waals surface area contributed by atoms with Crippen molar-refractivity contribution >= 4 is 23.3 Å². The second kappa shape index (κ2) is 7.60. The van der Waals surface area contributed by atoms with E-state index in [1.165, 1.54) is 17.0 Å². The summed E-state index contributed by atoms with van der Waals surface area (Å²) in [7, 11) is 1.66. The number of amides is 2. The van der Waals surface area contributed by atoms with Gasteiger partial charge in [0.15, 0.2) is 0 Å². The first kappa shape index (κ1) is 16.8. The van der Waals surface area contributed by atoms with Crippen LogP contribution in [0.5, 0.6) is 0 Å². The topological polar surface area (TPSA) is 75.5 Å². The molecule has 2 rings (SSSR count). The number of urea groups is 1. The molecule has 0 atom stereocenters. The van der Waals surface area contributed by atoms with Gasteiger partial charge in [-0.15, -0.1) is 0 Å². The summed E-state index contributed by atoms with van der Waals surface area (Å²) >= 11 is 6.07. The summed E-state index contributed by atoms with van der Waals surface area (Å²) in [4.78, 5) is 23.9. The zero-order chi connectivity index (χ0) is 16.8. The fourth-order valence-corrected chi connectivity index (χ4v) is 2.24. The molecule has 0 saturated carbocycles. The van der Waals surface area contributed by atoms with Gasteiger partial charge in [-0.3, -0.25) is 10.1 Å². The van der Waals surface area contributed by atoms with Gasteiger partial charge in [0, 0.05) is 37.3 Å². The van der Waals surface area contributed by atoms with Crippen molar-refractivity contribution in [1.29, 1.82) is 0 Å². The number of carbonyl (C=O) groups is 1. The number of non-ortho nitro benzene ring substituents is 1. The minimum absolute atomic E-state index is 0.00108. The fraction of sp³-hybridized carbons (Fsp3) is 0.188. The van der Waals surface area contributed by atoms with Crippen molar-refractivity contribution in [2.24, 2.45) is 0 Å². The first-order valence-electron chi connectivity index (χ1n) is 6.93. The van der Waals surface area contributed by atoms with Crippen molar-refractivity contribution in [1.82, 2.24) is 10.2 Å². The standard InChI is InChI=1S/C16H16ClN3O3/c1-19(11-13-6-2-3-8-15(13)17)16(21)18-10-12-5-4-7-14(9-12)20(22)23/h2-9H,10-11H2,1H3,(H,18,21). The van der Waals surface area contributed by atoms with Crippen LogP contribution in [0.1, 0.15) is 11.1 Å². The van der Waals surface area contributed by atoms with Crippen molar-refractivity contribution < 1.29 is 9.72 Å². The maximum Gasteiger partial charge on any atom is 0.317 e. The molecule has 120 valence electrons. The Morgan fingerprint density at radius 2 is 2.00 bits per heavy atom. The lowest BCUT2D eigenvalue weighted by Crippen LogP contribution is -2.36. The highest BCUT2D eigenvalue weighted by Crippen LogP contribution is 2.16. The molecule has 0 saturated heterocycles. The van der Waals surface area contributed by atoms with Gasteiger partial charge in [0.2, 0.25) is 0 Å². The third-order valence-corrected chi connectivity index (χ3v) is 3.65. The molecule has 0 spiro atoms. The van der Waals surface area contributed by atoms with E-state index in [1.54, 1.807) is 25.2 Å². The molecule has 0 heterocycles. The lowest BCUT2D eigenvalue weighted by Gasteiger charge is -2.18. The van der Waals surface area contributed by atoms with Crippen LogP contribution >= 0.6 is 11.6 Å². The molecule has 0 aromatic heterocycles. The summed E-state index contributed by atoms with van der Waals surface area (Å²) in [6, 6.07) is 13.2. The first-order chi connectivity index (χ1) is 11.0. The summed E-state index contributed by atoms with van der Waals surface area (Å²) in [5.41, 5.74) is 1.52. The number of benzene rings is 2. The van der Waals surface area contributed by atoms with E-state index in [9.17, 15) is 14.9 Å². The van der Waals surface area contributed by atoms with Crippen LogP contribution in [-0.2, 0) is 13.1 Å². The average Bonchev–Trinajstić information content (AvgIpc) is 2.55. The number of nitrogens with one attached hydrogen (secondary N) is 1. The van der Waals surface area contributed by atoms with Crippen LogP contribution in [-0.4, -0.2) is 22.9 Å². The quantitative estimate of drug-likeness (QED) is 0.671. The molecule has 2 amide bonds. The van der Waals surface area contributed by atoms with Gasteiger partial charge in [-0.1, -0.05) is 41.9 Å². The molecule has 6 nitrogen and oxygen atoms in total. The molecule has 0 aliphatic heterocycles. The molecule has 0 fully saturated rings. The van der Waals surface area contributed by atoms with Gasteiger partial charge in [-0.05, 0) is 17.2 Å². The summed E-state index contributed by atoms with van der Waals surface area (Å²) < 4.78 is 0. The van der Waals surface area contributed by atoms with Gasteiger partial charge >= 0.3 is 6.03 Å². The number of nitro groups is 1. The van der Waals surface area contributed by atoms with E-state index < -0.39 is 4.92 Å². The molecule has 0 aliphatic rings. The fourth-order valence-electron chi connectivity index (χ4n) is 2.05. The van der Waals surface area contributed by atoms with E-state index in [4.69, 9.17) is 11.6 Å². The van der Waals surface area contributed by atoms with E-state index in [0.29, 0.717) is 17.1 Å². The Morgan fingerprint density at radius 1 is 1.26 bits per heavy atom. The molecule has 1 N–H and O–H groups in total. The number of carbonyl (C=O) groups excluding carboxylic acids is 1. The van der Waals surface area contributed by atoms with Gasteiger partial charge in [-0.25, -0.2) is 4.79 Å². The largest absolute Gasteiger partial charge is 0.334 e. The van der Waals surface area contributed by atoms with Crippen molar-refractivity contribution in [2.75, 3.05) is 7.05 Å². The highest BCUT2D eigenvalue weighted by molar-refractivity contribution is 6.31. The maximum atomic E-state index is 12.1. The van der Waals surface area contributed by atoms with Crippen LogP contribution in [0.4, 0.5) is 10.5 Å². The molecule has 0 radical (unpaired) electrons. The zero-order valence-corrected chi connectivity index (χ0v) is 13.3. The first-order valence-corrected chi connectivity index (χ1v) is 7.31. The van der Waals surface area contributed by atoms with Gasteiger partial charge in [0.05, 0.1) is 4.92 Å². The number of hydrogen-bond donors (Lipinski definition) is 1. The molecular formula is C16H16ClN3O3. The number of nitro benzene ring substituents is 1. The molecule has 2 aromatic carbocycles. The smallest absolute Gasteiger partial charge is 0.317 e. The summed E-state index contributed by atoms with van der Waals surface area (Å²) in [5, 5.41) is 14.1.